The van der Waals surface area contributed by atoms with Gasteiger partial charge in [-0.1, -0.05) is 32.0 Å². The van der Waals surface area contributed by atoms with E-state index in [1.54, 1.807) is 39.0 Å². The number of ether oxygens (including phenoxy) is 3. The summed E-state index contributed by atoms with van der Waals surface area (Å²) in [6, 6.07) is 11.8. The number of anilines is 1. The van der Waals surface area contributed by atoms with Crippen LogP contribution in [0.2, 0.25) is 0 Å². The molecule has 0 saturated heterocycles. The number of alkyl carbamates (subject to hydrolysis) is 1. The summed E-state index contributed by atoms with van der Waals surface area (Å²) in [4.78, 5) is 38.7. The van der Waals surface area contributed by atoms with Gasteiger partial charge in [-0.05, 0) is 47.9 Å². The van der Waals surface area contributed by atoms with Crippen molar-refractivity contribution in [2.75, 3.05) is 36.9 Å². The molecule has 0 heterocycles. The zero-order chi connectivity index (χ0) is 27.4. The van der Waals surface area contributed by atoms with Crippen LogP contribution in [-0.2, 0) is 32.1 Å². The molecule has 202 valence electrons. The summed E-state index contributed by atoms with van der Waals surface area (Å²) >= 11 is 11.8. The molecule has 0 radical (unpaired) electrons. The molecule has 8 nitrogen and oxygen atoms in total. The number of hydrogen-bond acceptors (Lipinski definition) is 7. The molecular formula is C27H34Cl2N2O6. The summed E-state index contributed by atoms with van der Waals surface area (Å²) in [5, 5.41) is 2.58. The number of benzene rings is 2. The molecule has 0 aliphatic heterocycles. The van der Waals surface area contributed by atoms with Crippen LogP contribution < -0.4 is 15.0 Å². The van der Waals surface area contributed by atoms with Crippen molar-refractivity contribution in [2.24, 2.45) is 5.92 Å². The number of esters is 2. The fraction of sp³-hybridized carbons (Fsp3) is 0.444. The summed E-state index contributed by atoms with van der Waals surface area (Å²) in [6.45, 7) is 6.62. The smallest absolute Gasteiger partial charge is 0.408 e. The number of aryl methyl sites for hydroxylation is 1. The van der Waals surface area contributed by atoms with Gasteiger partial charge < -0.3 is 24.4 Å². The molecular weight excluding hydrogens is 519 g/mol. The van der Waals surface area contributed by atoms with Crippen molar-refractivity contribution in [3.8, 4) is 5.75 Å². The Morgan fingerprint density at radius 3 is 2.11 bits per heavy atom. The number of carbonyl (C=O) groups is 3. The molecule has 0 aliphatic rings. The van der Waals surface area contributed by atoms with Gasteiger partial charge in [0.25, 0.3) is 0 Å². The third kappa shape index (κ3) is 9.78. The third-order valence-electron chi connectivity index (χ3n) is 5.52. The summed E-state index contributed by atoms with van der Waals surface area (Å²) in [5.41, 5.74) is 3.24. The molecule has 1 atom stereocenters. The lowest BCUT2D eigenvalue weighted by molar-refractivity contribution is -0.143. The maximum absolute atomic E-state index is 12.5. The monoisotopic (exact) mass is 552 g/mol. The zero-order valence-electron chi connectivity index (χ0n) is 21.6. The molecule has 0 aromatic heterocycles. The average molecular weight is 553 g/mol. The third-order valence-corrected chi connectivity index (χ3v) is 5.86. The molecule has 0 spiro atoms. The number of nitrogens with zero attached hydrogens (tertiary/aromatic N) is 1. The molecule has 0 aliphatic carbocycles. The standard InChI is InChI=1S/C27H34Cl2N2O6/c1-18(2)25(32)37-24-10-7-21(15-19(24)3)17-36-27(34)30-23(26(33)35-4)16-20-5-8-22(9-6-20)31(13-11-28)14-12-29/h5-10,15,18,23H,11-14,16-17H2,1-4H3,(H,30,34)/t23-/m0/s1. The molecule has 0 bridgehead atoms. The van der Waals surface area contributed by atoms with Gasteiger partial charge in [0, 0.05) is 37.0 Å². The van der Waals surface area contributed by atoms with Crippen molar-refractivity contribution in [3.05, 3.63) is 59.2 Å². The summed E-state index contributed by atoms with van der Waals surface area (Å²) < 4.78 is 15.5. The highest BCUT2D eigenvalue weighted by Crippen LogP contribution is 2.21. The first kappa shape index (κ1) is 30.3. The van der Waals surface area contributed by atoms with Crippen LogP contribution in [0.1, 0.15) is 30.5 Å². The van der Waals surface area contributed by atoms with Crippen LogP contribution in [0, 0.1) is 12.8 Å². The number of hydrogen-bond donors (Lipinski definition) is 1. The maximum Gasteiger partial charge on any atom is 0.408 e. The largest absolute Gasteiger partial charge is 0.467 e. The van der Waals surface area contributed by atoms with Crippen LogP contribution >= 0.6 is 23.2 Å². The van der Waals surface area contributed by atoms with E-state index in [9.17, 15) is 14.4 Å². The number of alkyl halides is 2. The highest BCUT2D eigenvalue weighted by Gasteiger charge is 2.23. The van der Waals surface area contributed by atoms with Crippen LogP contribution in [0.5, 0.6) is 5.75 Å². The van der Waals surface area contributed by atoms with E-state index in [2.05, 4.69) is 10.2 Å². The molecule has 1 N–H and O–H groups in total. The van der Waals surface area contributed by atoms with Crippen LogP contribution in [0.3, 0.4) is 0 Å². The number of rotatable bonds is 13. The Labute approximate surface area is 228 Å². The first-order valence-electron chi connectivity index (χ1n) is 12.0. The molecule has 0 fully saturated rings. The van der Waals surface area contributed by atoms with Gasteiger partial charge in [-0.25, -0.2) is 9.59 Å². The first-order chi connectivity index (χ1) is 17.7. The maximum atomic E-state index is 12.5. The number of halogens is 2. The minimum Gasteiger partial charge on any atom is -0.467 e. The zero-order valence-corrected chi connectivity index (χ0v) is 23.1. The number of methoxy groups -OCH3 is 1. The molecule has 2 rings (SSSR count). The second-order valence-corrected chi connectivity index (χ2v) is 9.46. The minimum absolute atomic E-state index is 0.0232. The summed E-state index contributed by atoms with van der Waals surface area (Å²) in [6.07, 6.45) is -0.530. The minimum atomic E-state index is -0.926. The van der Waals surface area contributed by atoms with Crippen LogP contribution in [-0.4, -0.2) is 56.0 Å². The quantitative estimate of drug-likeness (QED) is 0.215. The number of carbonyl (C=O) groups excluding carboxylic acids is 3. The Morgan fingerprint density at radius 1 is 0.946 bits per heavy atom. The Bertz CT molecular complexity index is 1040. The van der Waals surface area contributed by atoms with Crippen molar-refractivity contribution >= 4 is 46.9 Å². The lowest BCUT2D eigenvalue weighted by Crippen LogP contribution is -2.43. The lowest BCUT2D eigenvalue weighted by atomic mass is 10.1. The van der Waals surface area contributed by atoms with E-state index in [1.165, 1.54) is 7.11 Å². The Kier molecular flexibility index (Phi) is 12.5. The lowest BCUT2D eigenvalue weighted by Gasteiger charge is -2.23. The van der Waals surface area contributed by atoms with Gasteiger partial charge in [-0.2, -0.15) is 0 Å². The number of amides is 1. The van der Waals surface area contributed by atoms with E-state index in [0.717, 1.165) is 16.8 Å². The molecule has 2 aromatic carbocycles. The van der Waals surface area contributed by atoms with Crippen molar-refractivity contribution in [1.29, 1.82) is 0 Å². The Balaban J connectivity index is 1.98. The summed E-state index contributed by atoms with van der Waals surface area (Å²) in [5.74, 6) is 0.261. The fourth-order valence-electron chi connectivity index (χ4n) is 3.46. The van der Waals surface area contributed by atoms with Gasteiger partial charge in [0.2, 0.25) is 0 Å². The van der Waals surface area contributed by atoms with Gasteiger partial charge in [0.1, 0.15) is 18.4 Å². The van der Waals surface area contributed by atoms with E-state index >= 15 is 0 Å². The van der Waals surface area contributed by atoms with E-state index in [4.69, 9.17) is 37.4 Å². The molecule has 1 amide bonds. The molecule has 10 heteroatoms. The molecule has 37 heavy (non-hydrogen) atoms. The van der Waals surface area contributed by atoms with Gasteiger partial charge in [0.15, 0.2) is 0 Å². The predicted molar refractivity (Wildman–Crippen MR) is 145 cm³/mol. The number of nitrogens with one attached hydrogen (secondary N) is 1. The normalized spacial score (nSPS) is 11.5. The van der Waals surface area contributed by atoms with E-state index in [1.807, 2.05) is 24.3 Å². The van der Waals surface area contributed by atoms with E-state index < -0.39 is 18.1 Å². The van der Waals surface area contributed by atoms with Crippen molar-refractivity contribution in [1.82, 2.24) is 5.32 Å². The average Bonchev–Trinajstić information content (AvgIpc) is 2.88. The predicted octanol–water partition coefficient (Wildman–Crippen LogP) is 4.85. The van der Waals surface area contributed by atoms with Gasteiger partial charge in [-0.15, -0.1) is 23.2 Å². The molecule has 2 aromatic rings. The van der Waals surface area contributed by atoms with E-state index in [0.29, 0.717) is 36.2 Å². The van der Waals surface area contributed by atoms with Crippen LogP contribution in [0.25, 0.3) is 0 Å². The first-order valence-corrected chi connectivity index (χ1v) is 13.0. The molecule has 0 unspecified atom stereocenters. The van der Waals surface area contributed by atoms with Crippen LogP contribution in [0.15, 0.2) is 42.5 Å². The van der Waals surface area contributed by atoms with E-state index in [-0.39, 0.29) is 24.9 Å². The summed E-state index contributed by atoms with van der Waals surface area (Å²) in [7, 11) is 1.26. The Hall–Kier alpha value is -2.97. The van der Waals surface area contributed by atoms with Crippen molar-refractivity contribution < 1.29 is 28.6 Å². The van der Waals surface area contributed by atoms with Crippen LogP contribution in [0.4, 0.5) is 10.5 Å². The second kappa shape index (κ2) is 15.3. The Morgan fingerprint density at radius 2 is 1.57 bits per heavy atom. The molecule has 0 saturated carbocycles. The topological polar surface area (TPSA) is 94.2 Å². The SMILES string of the molecule is COC(=O)[C@H](Cc1ccc(N(CCCl)CCCl)cc1)NC(=O)OCc1ccc(OC(=O)C(C)C)c(C)c1. The second-order valence-electron chi connectivity index (χ2n) is 8.71. The fourth-order valence-corrected chi connectivity index (χ4v) is 3.87. The van der Waals surface area contributed by atoms with Gasteiger partial charge in [0.05, 0.1) is 13.0 Å². The van der Waals surface area contributed by atoms with Crippen molar-refractivity contribution in [2.45, 2.75) is 39.8 Å². The van der Waals surface area contributed by atoms with Crippen molar-refractivity contribution in [3.63, 3.8) is 0 Å². The highest BCUT2D eigenvalue weighted by molar-refractivity contribution is 6.18. The van der Waals surface area contributed by atoms with Gasteiger partial charge in [-0.3, -0.25) is 4.79 Å². The highest BCUT2D eigenvalue weighted by atomic mass is 35.5. The van der Waals surface area contributed by atoms with Gasteiger partial charge >= 0.3 is 18.0 Å².